The van der Waals surface area contributed by atoms with Gasteiger partial charge in [0, 0.05) is 22.0 Å². The Hall–Kier alpha value is -3.63. The van der Waals surface area contributed by atoms with Crippen molar-refractivity contribution in [3.8, 4) is 5.88 Å². The van der Waals surface area contributed by atoms with Crippen LogP contribution < -0.4 is 21.7 Å². The normalized spacial score (nSPS) is 13.8. The van der Waals surface area contributed by atoms with Crippen LogP contribution in [0.1, 0.15) is 12.6 Å². The predicted octanol–water partition coefficient (Wildman–Crippen LogP) is 0.677. The molecular weight excluding hydrogens is 410 g/mol. The Labute approximate surface area is 174 Å². The smallest absolute Gasteiger partial charge is 0.326 e. The lowest BCUT2D eigenvalue weighted by Crippen LogP contribution is -2.21. The molecule has 0 aliphatic rings. The van der Waals surface area contributed by atoms with E-state index in [9.17, 15) is 15.0 Å². The summed E-state index contributed by atoms with van der Waals surface area (Å²) in [4.78, 5) is 25.2. The number of aromatic amines is 2. The van der Waals surface area contributed by atoms with Crippen molar-refractivity contribution >= 4 is 34.8 Å². The number of hydrogen-bond donors (Lipinski definition) is 5. The number of nitrogens with one attached hydrogen (secondary N) is 3. The van der Waals surface area contributed by atoms with E-state index in [2.05, 4.69) is 30.4 Å². The van der Waals surface area contributed by atoms with E-state index in [1.165, 1.54) is 10.7 Å². The molecule has 0 radical (unpaired) electrons. The number of halogens is 1. The van der Waals surface area contributed by atoms with Gasteiger partial charge in [0.1, 0.15) is 11.5 Å². The Balaban J connectivity index is 1.89. The molecule has 4 aromatic rings. The molecule has 0 amide bonds. The minimum absolute atomic E-state index is 0.181. The summed E-state index contributed by atoms with van der Waals surface area (Å²) in [6.45, 7) is 1.82. The van der Waals surface area contributed by atoms with E-state index >= 15 is 0 Å². The molecule has 0 aliphatic carbocycles. The van der Waals surface area contributed by atoms with Gasteiger partial charge in [-0.1, -0.05) is 17.7 Å². The highest BCUT2D eigenvalue weighted by molar-refractivity contribution is 6.30. The Morgan fingerprint density at radius 3 is 2.90 bits per heavy atom. The molecule has 0 aliphatic heterocycles. The van der Waals surface area contributed by atoms with Gasteiger partial charge in [0.15, 0.2) is 11.1 Å². The lowest BCUT2D eigenvalue weighted by atomic mass is 10.3. The number of hydrogen-bond acceptors (Lipinski definition) is 7. The molecular formula is C19H18ClN7O3. The summed E-state index contributed by atoms with van der Waals surface area (Å²) < 4.78 is 1.51. The van der Waals surface area contributed by atoms with Crippen molar-refractivity contribution in [2.24, 2.45) is 4.99 Å². The van der Waals surface area contributed by atoms with Crippen LogP contribution in [-0.4, -0.2) is 47.4 Å². The zero-order valence-electron chi connectivity index (χ0n) is 15.8. The van der Waals surface area contributed by atoms with Gasteiger partial charge in [-0.05, 0) is 31.2 Å². The number of rotatable bonds is 5. The van der Waals surface area contributed by atoms with Gasteiger partial charge in [0.2, 0.25) is 5.88 Å². The molecule has 0 fully saturated rings. The number of aliphatic hydroxyl groups excluding tert-OH is 1. The minimum atomic E-state index is -0.624. The number of imidazole rings is 1. The highest BCUT2D eigenvalue weighted by Crippen LogP contribution is 2.18. The molecule has 3 aromatic heterocycles. The van der Waals surface area contributed by atoms with Gasteiger partial charge >= 0.3 is 5.69 Å². The van der Waals surface area contributed by atoms with Crippen LogP contribution in [-0.2, 0) is 0 Å². The van der Waals surface area contributed by atoms with Crippen LogP contribution in [0.25, 0.3) is 11.7 Å². The Morgan fingerprint density at radius 1 is 1.37 bits per heavy atom. The number of anilines is 2. The standard InChI is InChI=1S/C19H18ClN7O3/c1-10(28)8-21-16-7-15(23-13-4-2-3-12(20)6-13)25-17-11(9-22-27(16)17)5-14-18(29)26-19(30)24-14/h2-7,9-10,23,28-29H,8H2,1H3,(H2,24,26,30)/b11-5-,21-16?. The zero-order valence-corrected chi connectivity index (χ0v) is 16.6. The minimum Gasteiger partial charge on any atom is -0.493 e. The summed E-state index contributed by atoms with van der Waals surface area (Å²) in [6, 6.07) is 8.87. The van der Waals surface area contributed by atoms with Gasteiger partial charge < -0.3 is 20.5 Å². The number of aliphatic hydroxyl groups is 1. The molecule has 0 spiro atoms. The number of aromatic hydroxyl groups is 1. The average molecular weight is 428 g/mol. The van der Waals surface area contributed by atoms with E-state index in [1.807, 2.05) is 12.1 Å². The largest absolute Gasteiger partial charge is 0.493 e. The first-order chi connectivity index (χ1) is 14.4. The van der Waals surface area contributed by atoms with Crippen LogP contribution in [0.4, 0.5) is 11.5 Å². The van der Waals surface area contributed by atoms with Crippen molar-refractivity contribution in [3.63, 3.8) is 0 Å². The maximum Gasteiger partial charge on any atom is 0.326 e. The number of aromatic nitrogens is 5. The van der Waals surface area contributed by atoms with E-state index in [-0.39, 0.29) is 18.1 Å². The van der Waals surface area contributed by atoms with E-state index in [4.69, 9.17) is 11.6 Å². The van der Waals surface area contributed by atoms with Gasteiger partial charge in [0.05, 0.1) is 18.8 Å². The summed E-state index contributed by atoms with van der Waals surface area (Å²) in [5.74, 6) is 0.197. The summed E-state index contributed by atoms with van der Waals surface area (Å²) in [6.07, 6.45) is 2.46. The topological polar surface area (TPSA) is 144 Å². The molecule has 0 bridgehead atoms. The third-order valence-electron chi connectivity index (χ3n) is 4.13. The average Bonchev–Trinajstić information content (AvgIpc) is 3.22. The van der Waals surface area contributed by atoms with E-state index in [1.54, 1.807) is 31.2 Å². The SMILES string of the molecule is CC(O)CN=c1cc(Nc2cccc(Cl)c2)nc2/c(=C\c3[nH]c(=O)[nH]c3O)cnn12. The van der Waals surface area contributed by atoms with Gasteiger partial charge in [-0.25, -0.2) is 9.78 Å². The molecule has 0 saturated carbocycles. The number of H-pyrrole nitrogens is 2. The van der Waals surface area contributed by atoms with Gasteiger partial charge in [-0.15, -0.1) is 0 Å². The fourth-order valence-corrected chi connectivity index (χ4v) is 3.02. The summed E-state index contributed by atoms with van der Waals surface area (Å²) in [5, 5.41) is 28.1. The van der Waals surface area contributed by atoms with Crippen LogP contribution >= 0.6 is 11.6 Å². The summed E-state index contributed by atoms with van der Waals surface area (Å²) >= 11 is 6.06. The maximum absolute atomic E-state index is 11.4. The van der Waals surface area contributed by atoms with Crippen molar-refractivity contribution in [2.75, 3.05) is 11.9 Å². The molecule has 10 nitrogen and oxygen atoms in total. The van der Waals surface area contributed by atoms with Crippen LogP contribution in [0, 0.1) is 0 Å². The third kappa shape index (κ3) is 4.19. The molecule has 154 valence electrons. The van der Waals surface area contributed by atoms with Crippen molar-refractivity contribution in [1.29, 1.82) is 0 Å². The molecule has 1 atom stereocenters. The lowest BCUT2D eigenvalue weighted by molar-refractivity contribution is 0.202. The first-order valence-corrected chi connectivity index (χ1v) is 9.40. The second kappa shape index (κ2) is 8.01. The molecule has 1 unspecified atom stereocenters. The first kappa shape index (κ1) is 19.7. The highest BCUT2D eigenvalue weighted by atomic mass is 35.5. The van der Waals surface area contributed by atoms with E-state index in [0.717, 1.165) is 5.69 Å². The monoisotopic (exact) mass is 427 g/mol. The Kier molecular flexibility index (Phi) is 5.25. The molecule has 30 heavy (non-hydrogen) atoms. The quantitative estimate of drug-likeness (QED) is 0.317. The Bertz CT molecular complexity index is 1390. The molecule has 0 saturated heterocycles. The molecule has 11 heteroatoms. The Morgan fingerprint density at radius 2 is 2.20 bits per heavy atom. The summed E-state index contributed by atoms with van der Waals surface area (Å²) in [5.41, 5.74) is 1.31. The van der Waals surface area contributed by atoms with Gasteiger partial charge in [0.25, 0.3) is 0 Å². The van der Waals surface area contributed by atoms with Crippen LogP contribution in [0.15, 0.2) is 46.3 Å². The van der Waals surface area contributed by atoms with E-state index < -0.39 is 11.8 Å². The lowest BCUT2D eigenvalue weighted by Gasteiger charge is -2.07. The fraction of sp³-hybridized carbons (Fsp3) is 0.158. The van der Waals surface area contributed by atoms with Crippen LogP contribution in [0.5, 0.6) is 5.88 Å². The van der Waals surface area contributed by atoms with E-state index in [0.29, 0.717) is 27.2 Å². The highest BCUT2D eigenvalue weighted by Gasteiger charge is 2.09. The molecule has 4 rings (SSSR count). The zero-order chi connectivity index (χ0) is 21.3. The fourth-order valence-electron chi connectivity index (χ4n) is 2.83. The van der Waals surface area contributed by atoms with Crippen molar-refractivity contribution in [1.82, 2.24) is 24.6 Å². The van der Waals surface area contributed by atoms with Gasteiger partial charge in [-0.2, -0.15) is 9.61 Å². The van der Waals surface area contributed by atoms with Crippen molar-refractivity contribution in [2.45, 2.75) is 13.0 Å². The van der Waals surface area contributed by atoms with Crippen molar-refractivity contribution in [3.05, 3.63) is 68.4 Å². The molecule has 1 aromatic carbocycles. The number of nitrogens with zero attached hydrogens (tertiary/aromatic N) is 4. The van der Waals surface area contributed by atoms with Gasteiger partial charge in [-0.3, -0.25) is 9.98 Å². The second-order valence-corrected chi connectivity index (χ2v) is 7.08. The second-order valence-electron chi connectivity index (χ2n) is 6.65. The first-order valence-electron chi connectivity index (χ1n) is 9.02. The maximum atomic E-state index is 11.4. The van der Waals surface area contributed by atoms with Crippen LogP contribution in [0.3, 0.4) is 0 Å². The molecule has 5 N–H and O–H groups in total. The third-order valence-corrected chi connectivity index (χ3v) is 4.37. The number of benzene rings is 1. The predicted molar refractivity (Wildman–Crippen MR) is 112 cm³/mol. The summed E-state index contributed by atoms with van der Waals surface area (Å²) in [7, 11) is 0. The molecule has 3 heterocycles. The number of fused-ring (bicyclic) bond motifs is 1. The van der Waals surface area contributed by atoms with Crippen LogP contribution in [0.2, 0.25) is 5.02 Å². The van der Waals surface area contributed by atoms with Crippen molar-refractivity contribution < 1.29 is 10.2 Å².